The largest absolute Gasteiger partial charge is 0.395 e. The van der Waals surface area contributed by atoms with Crippen molar-refractivity contribution in [2.45, 2.75) is 75.6 Å². The van der Waals surface area contributed by atoms with Gasteiger partial charge in [0.25, 0.3) is 0 Å². The molecule has 0 spiro atoms. The van der Waals surface area contributed by atoms with Crippen molar-refractivity contribution in [2.24, 2.45) is 5.41 Å². The lowest BCUT2D eigenvalue weighted by molar-refractivity contribution is -0.157. The first kappa shape index (κ1) is 31.8. The molecule has 3 N–H and O–H groups in total. The molecular formula is C30H39Cl2N3O5S. The predicted molar refractivity (Wildman–Crippen MR) is 161 cm³/mol. The van der Waals surface area contributed by atoms with Crippen LogP contribution in [0, 0.1) is 5.41 Å². The van der Waals surface area contributed by atoms with Crippen LogP contribution in [0.15, 0.2) is 48.5 Å². The van der Waals surface area contributed by atoms with E-state index in [0.29, 0.717) is 35.7 Å². The number of carbonyl (C=O) groups is 2. The highest BCUT2D eigenvalue weighted by atomic mass is 35.5. The Balaban J connectivity index is 1.81. The van der Waals surface area contributed by atoms with Crippen LogP contribution in [0.25, 0.3) is 0 Å². The van der Waals surface area contributed by atoms with Crippen molar-refractivity contribution in [2.75, 3.05) is 19.7 Å². The zero-order valence-corrected chi connectivity index (χ0v) is 26.0. The summed E-state index contributed by atoms with van der Waals surface area (Å²) in [5.74, 6) is -0.812. The summed E-state index contributed by atoms with van der Waals surface area (Å²) in [4.78, 5) is 29.2. The SMILES string of the molecule is CC[C@@H](CNS(=O)(=O)C1(C)CC1)N1C(=O)[C@@](C)(CC(=O)NCCO)C[C@H](c2cccc(Cl)c2)[C@H]1c1ccc(Cl)cc1. The molecule has 8 nitrogen and oxygen atoms in total. The highest BCUT2D eigenvalue weighted by Gasteiger charge is 2.53. The molecule has 2 amide bonds. The standard InChI is InChI=1S/C30H39Cl2N3O5S/c1-4-24(19-34-41(39,40)30(3)12-13-30)35-27(20-8-10-22(31)11-9-20)25(21-6-5-7-23(32)16-21)17-29(2,28(35)38)18-26(37)33-14-15-36/h5-11,16,24-25,27,34,36H,4,12-15,17-19H2,1-3H3,(H,33,37)/t24-,25+,27+,29+/m0/s1. The molecule has 224 valence electrons. The fourth-order valence-electron chi connectivity index (χ4n) is 5.82. The molecule has 1 heterocycles. The normalized spacial score (nSPS) is 24.6. The fraction of sp³-hybridized carbons (Fsp3) is 0.533. The molecule has 1 saturated heterocycles. The van der Waals surface area contributed by atoms with E-state index in [4.69, 9.17) is 23.2 Å². The van der Waals surface area contributed by atoms with Gasteiger partial charge in [-0.2, -0.15) is 0 Å². The number of nitrogens with one attached hydrogen (secondary N) is 2. The number of nitrogens with zero attached hydrogens (tertiary/aromatic N) is 1. The van der Waals surface area contributed by atoms with Gasteiger partial charge in [0.1, 0.15) is 0 Å². The number of amides is 2. The first-order valence-corrected chi connectivity index (χ1v) is 16.3. The summed E-state index contributed by atoms with van der Waals surface area (Å²) >= 11 is 12.7. The molecule has 0 bridgehead atoms. The van der Waals surface area contributed by atoms with Crippen LogP contribution in [0.5, 0.6) is 0 Å². The highest BCUT2D eigenvalue weighted by Crippen LogP contribution is 2.52. The zero-order chi connectivity index (χ0) is 30.0. The molecular weight excluding hydrogens is 585 g/mol. The van der Waals surface area contributed by atoms with Gasteiger partial charge in [-0.25, -0.2) is 13.1 Å². The Morgan fingerprint density at radius 1 is 1.10 bits per heavy atom. The second-order valence-corrected chi connectivity index (χ2v) is 14.9. The summed E-state index contributed by atoms with van der Waals surface area (Å²) in [5, 5.41) is 13.0. The van der Waals surface area contributed by atoms with Crippen LogP contribution in [0.3, 0.4) is 0 Å². The molecule has 2 aromatic rings. The van der Waals surface area contributed by atoms with Gasteiger partial charge in [-0.05, 0) is 68.0 Å². The first-order chi connectivity index (χ1) is 19.3. The number of aliphatic hydroxyl groups excluding tert-OH is 1. The third-order valence-corrected chi connectivity index (χ3v) is 11.3. The smallest absolute Gasteiger partial charge is 0.229 e. The Kier molecular flexibility index (Phi) is 9.76. The Morgan fingerprint density at radius 3 is 2.37 bits per heavy atom. The predicted octanol–water partition coefficient (Wildman–Crippen LogP) is 4.81. The lowest BCUT2D eigenvalue weighted by atomic mass is 9.67. The topological polar surface area (TPSA) is 116 Å². The van der Waals surface area contributed by atoms with Gasteiger partial charge in [0.15, 0.2) is 0 Å². The van der Waals surface area contributed by atoms with Gasteiger partial charge in [-0.1, -0.05) is 61.3 Å². The van der Waals surface area contributed by atoms with E-state index in [2.05, 4.69) is 10.0 Å². The van der Waals surface area contributed by atoms with E-state index in [1.165, 1.54) is 0 Å². The summed E-state index contributed by atoms with van der Waals surface area (Å²) in [7, 11) is -3.58. The zero-order valence-electron chi connectivity index (χ0n) is 23.7. The number of sulfonamides is 1. The molecule has 0 aromatic heterocycles. The van der Waals surface area contributed by atoms with Gasteiger partial charge in [0.2, 0.25) is 21.8 Å². The van der Waals surface area contributed by atoms with Crippen molar-refractivity contribution in [1.82, 2.24) is 14.9 Å². The van der Waals surface area contributed by atoms with E-state index >= 15 is 0 Å². The number of hydrogen-bond donors (Lipinski definition) is 3. The summed E-state index contributed by atoms with van der Waals surface area (Å²) < 4.78 is 28.2. The van der Waals surface area contributed by atoms with E-state index in [-0.39, 0.29) is 43.8 Å². The molecule has 4 rings (SSSR count). The fourth-order valence-corrected chi connectivity index (χ4v) is 7.55. The third-order valence-electron chi connectivity index (χ3n) is 8.55. The van der Waals surface area contributed by atoms with Crippen LogP contribution < -0.4 is 10.0 Å². The lowest BCUT2D eigenvalue weighted by Crippen LogP contribution is -2.58. The molecule has 1 aliphatic heterocycles. The van der Waals surface area contributed by atoms with Crippen LogP contribution in [0.1, 0.15) is 76.0 Å². The summed E-state index contributed by atoms with van der Waals surface area (Å²) in [6, 6.07) is 13.9. The monoisotopic (exact) mass is 623 g/mol. The van der Waals surface area contributed by atoms with Crippen LogP contribution in [-0.4, -0.2) is 60.7 Å². The Labute approximate surface area is 252 Å². The van der Waals surface area contributed by atoms with Crippen molar-refractivity contribution >= 4 is 45.0 Å². The van der Waals surface area contributed by atoms with Crippen molar-refractivity contribution in [3.05, 3.63) is 69.7 Å². The molecule has 2 aliphatic rings. The average Bonchev–Trinajstić information content (AvgIpc) is 3.69. The Hall–Kier alpha value is -2.17. The van der Waals surface area contributed by atoms with E-state index < -0.39 is 32.3 Å². The van der Waals surface area contributed by atoms with Crippen LogP contribution >= 0.6 is 23.2 Å². The average molecular weight is 625 g/mol. The van der Waals surface area contributed by atoms with E-state index in [1.54, 1.807) is 36.9 Å². The molecule has 1 saturated carbocycles. The molecule has 0 radical (unpaired) electrons. The Morgan fingerprint density at radius 2 is 1.78 bits per heavy atom. The molecule has 2 fully saturated rings. The summed E-state index contributed by atoms with van der Waals surface area (Å²) in [5.41, 5.74) is 0.678. The number of halogens is 2. The number of benzene rings is 2. The van der Waals surface area contributed by atoms with E-state index in [1.807, 2.05) is 37.3 Å². The molecule has 4 atom stereocenters. The number of piperidine rings is 1. The van der Waals surface area contributed by atoms with Crippen molar-refractivity contribution in [3.63, 3.8) is 0 Å². The minimum Gasteiger partial charge on any atom is -0.395 e. The number of likely N-dealkylation sites (tertiary alicyclic amines) is 1. The number of rotatable bonds is 12. The van der Waals surface area contributed by atoms with Crippen LogP contribution in [0.4, 0.5) is 0 Å². The molecule has 41 heavy (non-hydrogen) atoms. The van der Waals surface area contributed by atoms with E-state index in [9.17, 15) is 23.1 Å². The first-order valence-electron chi connectivity index (χ1n) is 14.0. The second kappa shape index (κ2) is 12.6. The summed E-state index contributed by atoms with van der Waals surface area (Å²) in [6.07, 6.45) is 1.99. The van der Waals surface area contributed by atoms with E-state index in [0.717, 1.165) is 11.1 Å². The van der Waals surface area contributed by atoms with Gasteiger partial charge in [0.05, 0.1) is 22.8 Å². The number of aliphatic hydroxyl groups is 1. The number of carbonyl (C=O) groups excluding carboxylic acids is 2. The highest BCUT2D eigenvalue weighted by molar-refractivity contribution is 7.91. The van der Waals surface area contributed by atoms with Crippen molar-refractivity contribution in [3.8, 4) is 0 Å². The van der Waals surface area contributed by atoms with Gasteiger partial charge in [-0.15, -0.1) is 0 Å². The molecule has 2 aromatic carbocycles. The van der Waals surface area contributed by atoms with Crippen LogP contribution in [-0.2, 0) is 19.6 Å². The maximum absolute atomic E-state index is 14.6. The van der Waals surface area contributed by atoms with Gasteiger partial charge >= 0.3 is 0 Å². The van der Waals surface area contributed by atoms with Gasteiger partial charge < -0.3 is 15.3 Å². The number of hydrogen-bond acceptors (Lipinski definition) is 5. The molecule has 1 aliphatic carbocycles. The minimum atomic E-state index is -3.58. The summed E-state index contributed by atoms with van der Waals surface area (Å²) in [6.45, 7) is 5.39. The van der Waals surface area contributed by atoms with Crippen molar-refractivity contribution in [1.29, 1.82) is 0 Å². The van der Waals surface area contributed by atoms with Gasteiger partial charge in [0, 0.05) is 41.5 Å². The second-order valence-electron chi connectivity index (χ2n) is 11.7. The maximum atomic E-state index is 14.6. The molecule has 0 unspecified atom stereocenters. The van der Waals surface area contributed by atoms with Crippen molar-refractivity contribution < 1.29 is 23.1 Å². The minimum absolute atomic E-state index is 0.0549. The third kappa shape index (κ3) is 6.91. The van der Waals surface area contributed by atoms with Gasteiger partial charge in [-0.3, -0.25) is 9.59 Å². The Bertz CT molecular complexity index is 1370. The quantitative estimate of drug-likeness (QED) is 0.314. The lowest BCUT2D eigenvalue weighted by Gasteiger charge is -2.52. The molecule has 11 heteroatoms. The van der Waals surface area contributed by atoms with Crippen LogP contribution in [0.2, 0.25) is 10.0 Å². The maximum Gasteiger partial charge on any atom is 0.229 e.